The van der Waals surface area contributed by atoms with E-state index in [-0.39, 0.29) is 11.3 Å². The Labute approximate surface area is 159 Å². The first-order chi connectivity index (χ1) is 13.1. The summed E-state index contributed by atoms with van der Waals surface area (Å²) in [7, 11) is 1.81. The van der Waals surface area contributed by atoms with E-state index in [0.29, 0.717) is 18.2 Å². The number of pyridine rings is 1. The van der Waals surface area contributed by atoms with Crippen molar-refractivity contribution >= 4 is 11.7 Å². The van der Waals surface area contributed by atoms with Gasteiger partial charge < -0.3 is 19.7 Å². The molecule has 6 nitrogen and oxygen atoms in total. The van der Waals surface area contributed by atoms with E-state index in [2.05, 4.69) is 29.4 Å². The standard InChI is InChI=1S/C21H25N3O3/c1-21(12-15-4-5-17-18(10-15)27-14-26-17)7-3-9-24(13-21)20(25)16-6-8-23-19(11-16)22-2/h4-6,8,10-11H,3,7,9,12-14H2,1-2H3,(H,22,23)/t21-/m0/s1. The largest absolute Gasteiger partial charge is 0.454 e. The van der Waals surface area contributed by atoms with Crippen molar-refractivity contribution in [2.45, 2.75) is 26.2 Å². The summed E-state index contributed by atoms with van der Waals surface area (Å²) in [6.45, 7) is 4.10. The molecule has 1 amide bonds. The SMILES string of the molecule is CNc1cc(C(=O)N2CCC[C@@](C)(Cc3ccc4c(c3)OCO4)C2)ccn1. The van der Waals surface area contributed by atoms with Gasteiger partial charge in [-0.1, -0.05) is 13.0 Å². The maximum absolute atomic E-state index is 13.0. The molecule has 6 heteroatoms. The Morgan fingerprint density at radius 2 is 2.11 bits per heavy atom. The van der Waals surface area contributed by atoms with E-state index in [9.17, 15) is 4.79 Å². The zero-order valence-electron chi connectivity index (χ0n) is 15.8. The fourth-order valence-electron chi connectivity index (χ4n) is 4.06. The summed E-state index contributed by atoms with van der Waals surface area (Å²) < 4.78 is 10.9. The third-order valence-corrected chi connectivity index (χ3v) is 5.40. The molecule has 1 aromatic carbocycles. The minimum Gasteiger partial charge on any atom is -0.454 e. The van der Waals surface area contributed by atoms with Crippen molar-refractivity contribution in [1.82, 2.24) is 9.88 Å². The summed E-state index contributed by atoms with van der Waals surface area (Å²) in [4.78, 5) is 19.2. The highest BCUT2D eigenvalue weighted by atomic mass is 16.7. The minimum atomic E-state index is 0.0421. The van der Waals surface area contributed by atoms with E-state index < -0.39 is 0 Å². The van der Waals surface area contributed by atoms with Crippen LogP contribution in [0.5, 0.6) is 11.5 Å². The number of carbonyl (C=O) groups is 1. The Morgan fingerprint density at radius 3 is 2.96 bits per heavy atom. The lowest BCUT2D eigenvalue weighted by Gasteiger charge is -2.41. The first kappa shape index (κ1) is 17.6. The number of aromatic nitrogens is 1. The van der Waals surface area contributed by atoms with Gasteiger partial charge in [-0.15, -0.1) is 0 Å². The molecule has 0 spiro atoms. The van der Waals surface area contributed by atoms with E-state index >= 15 is 0 Å². The molecule has 1 saturated heterocycles. The smallest absolute Gasteiger partial charge is 0.254 e. The lowest BCUT2D eigenvalue weighted by molar-refractivity contribution is 0.0550. The average molecular weight is 367 g/mol. The van der Waals surface area contributed by atoms with Gasteiger partial charge >= 0.3 is 0 Å². The number of likely N-dealkylation sites (tertiary alicyclic amines) is 1. The normalized spacial score (nSPS) is 21.2. The maximum atomic E-state index is 13.0. The fraction of sp³-hybridized carbons (Fsp3) is 0.429. The first-order valence-electron chi connectivity index (χ1n) is 9.38. The number of amides is 1. The number of hydrogen-bond acceptors (Lipinski definition) is 5. The van der Waals surface area contributed by atoms with Gasteiger partial charge in [0.2, 0.25) is 6.79 Å². The number of piperidine rings is 1. The van der Waals surface area contributed by atoms with Crippen LogP contribution in [-0.4, -0.2) is 42.7 Å². The summed E-state index contributed by atoms with van der Waals surface area (Å²) in [5, 5.41) is 2.99. The minimum absolute atomic E-state index is 0.0421. The Kier molecular flexibility index (Phi) is 4.64. The van der Waals surface area contributed by atoms with Crippen molar-refractivity contribution in [1.29, 1.82) is 0 Å². The number of ether oxygens (including phenoxy) is 2. The first-order valence-corrected chi connectivity index (χ1v) is 9.38. The van der Waals surface area contributed by atoms with Gasteiger partial charge in [-0.3, -0.25) is 4.79 Å². The number of benzene rings is 1. The Balaban J connectivity index is 1.48. The zero-order valence-corrected chi connectivity index (χ0v) is 15.8. The van der Waals surface area contributed by atoms with Crippen molar-refractivity contribution < 1.29 is 14.3 Å². The van der Waals surface area contributed by atoms with Crippen molar-refractivity contribution in [2.24, 2.45) is 5.41 Å². The van der Waals surface area contributed by atoms with Gasteiger partial charge in [0.05, 0.1) is 0 Å². The molecule has 2 aliphatic rings. The van der Waals surface area contributed by atoms with E-state index in [1.54, 1.807) is 19.3 Å². The van der Waals surface area contributed by atoms with E-state index in [4.69, 9.17) is 9.47 Å². The van der Waals surface area contributed by atoms with Crippen LogP contribution in [0.3, 0.4) is 0 Å². The molecule has 2 aliphatic heterocycles. The van der Waals surface area contributed by atoms with Crippen LogP contribution in [0.25, 0.3) is 0 Å². The molecule has 0 unspecified atom stereocenters. The van der Waals surface area contributed by atoms with E-state index in [1.807, 2.05) is 17.0 Å². The van der Waals surface area contributed by atoms with Crippen molar-refractivity contribution in [3.63, 3.8) is 0 Å². The average Bonchev–Trinajstić information content (AvgIpc) is 3.15. The van der Waals surface area contributed by atoms with Crippen LogP contribution in [0, 0.1) is 5.41 Å². The molecule has 0 bridgehead atoms. The lowest BCUT2D eigenvalue weighted by atomic mass is 9.76. The summed E-state index contributed by atoms with van der Waals surface area (Å²) in [5.41, 5.74) is 1.94. The third kappa shape index (κ3) is 3.70. The highest BCUT2D eigenvalue weighted by molar-refractivity contribution is 5.94. The molecular formula is C21H25N3O3. The van der Waals surface area contributed by atoms with Crippen LogP contribution in [0.2, 0.25) is 0 Å². The maximum Gasteiger partial charge on any atom is 0.254 e. The molecule has 0 aliphatic carbocycles. The summed E-state index contributed by atoms with van der Waals surface area (Å²) >= 11 is 0. The molecular weight excluding hydrogens is 342 g/mol. The molecule has 1 fully saturated rings. The quantitative estimate of drug-likeness (QED) is 0.898. The van der Waals surface area contributed by atoms with E-state index in [1.165, 1.54) is 5.56 Å². The predicted molar refractivity (Wildman–Crippen MR) is 103 cm³/mol. The monoisotopic (exact) mass is 367 g/mol. The second-order valence-corrected chi connectivity index (χ2v) is 7.69. The van der Waals surface area contributed by atoms with Crippen molar-refractivity contribution in [2.75, 3.05) is 32.2 Å². The molecule has 142 valence electrons. The van der Waals surface area contributed by atoms with Gasteiger partial charge in [-0.2, -0.15) is 0 Å². The molecule has 27 heavy (non-hydrogen) atoms. The van der Waals surface area contributed by atoms with Gasteiger partial charge in [0.15, 0.2) is 11.5 Å². The van der Waals surface area contributed by atoms with Crippen LogP contribution < -0.4 is 14.8 Å². The second-order valence-electron chi connectivity index (χ2n) is 7.69. The molecule has 1 aromatic heterocycles. The summed E-state index contributed by atoms with van der Waals surface area (Å²) in [5.74, 6) is 2.41. The number of hydrogen-bond donors (Lipinski definition) is 1. The lowest BCUT2D eigenvalue weighted by Crippen LogP contribution is -2.45. The van der Waals surface area contributed by atoms with Crippen molar-refractivity contribution in [3.05, 3.63) is 47.7 Å². The number of carbonyl (C=O) groups excluding carboxylic acids is 1. The van der Waals surface area contributed by atoms with Gasteiger partial charge in [-0.25, -0.2) is 4.98 Å². The summed E-state index contributed by atoms with van der Waals surface area (Å²) in [6.07, 6.45) is 4.69. The highest BCUT2D eigenvalue weighted by Crippen LogP contribution is 2.37. The van der Waals surface area contributed by atoms with E-state index in [0.717, 1.165) is 43.9 Å². The third-order valence-electron chi connectivity index (χ3n) is 5.40. The van der Waals surface area contributed by atoms with Crippen LogP contribution >= 0.6 is 0 Å². The van der Waals surface area contributed by atoms with Crippen LogP contribution in [0.1, 0.15) is 35.7 Å². The van der Waals surface area contributed by atoms with Crippen LogP contribution in [-0.2, 0) is 6.42 Å². The molecule has 2 aromatic rings. The van der Waals surface area contributed by atoms with Crippen molar-refractivity contribution in [3.8, 4) is 11.5 Å². The van der Waals surface area contributed by atoms with Crippen LogP contribution in [0.4, 0.5) is 5.82 Å². The van der Waals surface area contributed by atoms with Gasteiger partial charge in [0.1, 0.15) is 5.82 Å². The molecule has 3 heterocycles. The van der Waals surface area contributed by atoms with Gasteiger partial charge in [0, 0.05) is 31.9 Å². The second kappa shape index (κ2) is 7.10. The van der Waals surface area contributed by atoms with Gasteiger partial charge in [0.25, 0.3) is 5.91 Å². The Morgan fingerprint density at radius 1 is 1.26 bits per heavy atom. The number of nitrogens with one attached hydrogen (secondary N) is 1. The van der Waals surface area contributed by atoms with Gasteiger partial charge in [-0.05, 0) is 54.5 Å². The number of rotatable bonds is 4. The summed E-state index contributed by atoms with van der Waals surface area (Å²) in [6, 6.07) is 9.74. The fourth-order valence-corrected chi connectivity index (χ4v) is 4.06. The Hall–Kier alpha value is -2.76. The molecule has 4 rings (SSSR count). The molecule has 0 radical (unpaired) electrons. The molecule has 1 atom stereocenters. The number of fused-ring (bicyclic) bond motifs is 1. The molecule has 0 saturated carbocycles. The highest BCUT2D eigenvalue weighted by Gasteiger charge is 2.34. The predicted octanol–water partition coefficient (Wildman–Crippen LogP) is 3.34. The Bertz CT molecular complexity index is 854. The van der Waals surface area contributed by atoms with Crippen LogP contribution in [0.15, 0.2) is 36.5 Å². The zero-order chi connectivity index (χ0) is 18.9. The topological polar surface area (TPSA) is 63.7 Å². The number of anilines is 1. The molecule has 1 N–H and O–H groups in total. The number of nitrogens with zero attached hydrogens (tertiary/aromatic N) is 2.